The molecule has 0 saturated heterocycles. The number of nitrogens with zero attached hydrogens (tertiary/aromatic N) is 2. The van der Waals surface area contributed by atoms with Crippen LogP contribution in [0.1, 0.15) is 21.6 Å². The number of ketones is 1. The lowest BCUT2D eigenvalue weighted by Gasteiger charge is -2.00. The van der Waals surface area contributed by atoms with E-state index >= 15 is 0 Å². The quantitative estimate of drug-likeness (QED) is 0.732. The minimum Gasteiger partial charge on any atom is -0.287 e. The minimum atomic E-state index is -0.529. The molecule has 5 heteroatoms. The highest BCUT2D eigenvalue weighted by molar-refractivity contribution is 7.03. The molecule has 0 saturated carbocycles. The highest BCUT2D eigenvalue weighted by Gasteiger charge is 2.16. The summed E-state index contributed by atoms with van der Waals surface area (Å²) in [6, 6.07) is 4.41. The third-order valence-corrected chi connectivity index (χ3v) is 2.46. The van der Waals surface area contributed by atoms with E-state index in [-0.39, 0.29) is 11.3 Å². The van der Waals surface area contributed by atoms with Crippen LogP contribution in [0.3, 0.4) is 0 Å². The highest BCUT2D eigenvalue weighted by Crippen LogP contribution is 2.14. The van der Waals surface area contributed by atoms with E-state index in [9.17, 15) is 9.18 Å². The summed E-state index contributed by atoms with van der Waals surface area (Å²) in [5.74, 6) is -0.955. The molecule has 76 valence electrons. The van der Waals surface area contributed by atoms with E-state index < -0.39 is 11.6 Å². The van der Waals surface area contributed by atoms with Crippen molar-refractivity contribution in [1.82, 2.24) is 9.59 Å². The number of carbonyl (C=O) groups is 1. The number of aromatic nitrogens is 2. The molecule has 0 unspecified atom stereocenters. The summed E-state index contributed by atoms with van der Waals surface area (Å²) >= 11 is 1.07. The highest BCUT2D eigenvalue weighted by atomic mass is 32.1. The normalized spacial score (nSPS) is 10.3. The number of aryl methyl sites for hydroxylation is 1. The smallest absolute Gasteiger partial charge is 0.217 e. The molecule has 0 spiro atoms. The van der Waals surface area contributed by atoms with Crippen LogP contribution in [0.2, 0.25) is 0 Å². The molecular formula is C10H7FN2OS. The molecular weight excluding hydrogens is 215 g/mol. The lowest BCUT2D eigenvalue weighted by Crippen LogP contribution is -2.05. The maximum absolute atomic E-state index is 13.3. The summed E-state index contributed by atoms with van der Waals surface area (Å²) in [5, 5.41) is 5.12. The van der Waals surface area contributed by atoms with Crippen molar-refractivity contribution in [3.63, 3.8) is 0 Å². The monoisotopic (exact) mass is 222 g/mol. The Bertz CT molecular complexity index is 496. The zero-order valence-corrected chi connectivity index (χ0v) is 8.71. The first-order valence-corrected chi connectivity index (χ1v) is 5.10. The van der Waals surface area contributed by atoms with Gasteiger partial charge in [0, 0.05) is 5.38 Å². The van der Waals surface area contributed by atoms with E-state index in [2.05, 4.69) is 9.59 Å². The van der Waals surface area contributed by atoms with Crippen LogP contribution in [-0.2, 0) is 0 Å². The lowest BCUT2D eigenvalue weighted by atomic mass is 10.1. The van der Waals surface area contributed by atoms with Gasteiger partial charge in [0.1, 0.15) is 11.5 Å². The molecule has 1 aromatic heterocycles. The van der Waals surface area contributed by atoms with E-state index in [1.54, 1.807) is 13.0 Å². The molecule has 0 atom stereocenters. The van der Waals surface area contributed by atoms with Crippen molar-refractivity contribution < 1.29 is 9.18 Å². The van der Waals surface area contributed by atoms with E-state index in [1.807, 2.05) is 0 Å². The van der Waals surface area contributed by atoms with Gasteiger partial charge in [-0.05, 0) is 30.6 Å². The summed E-state index contributed by atoms with van der Waals surface area (Å²) in [6.45, 7) is 1.80. The van der Waals surface area contributed by atoms with Crippen LogP contribution in [0.4, 0.5) is 4.39 Å². The van der Waals surface area contributed by atoms with Gasteiger partial charge in [0.05, 0.1) is 5.56 Å². The third-order valence-electron chi connectivity index (χ3n) is 1.96. The largest absolute Gasteiger partial charge is 0.287 e. The van der Waals surface area contributed by atoms with Crippen molar-refractivity contribution in [2.45, 2.75) is 6.92 Å². The summed E-state index contributed by atoms with van der Waals surface area (Å²) < 4.78 is 16.9. The number of hydrogen-bond acceptors (Lipinski definition) is 4. The molecule has 2 aromatic rings. The second-order valence-electron chi connectivity index (χ2n) is 3.10. The van der Waals surface area contributed by atoms with Crippen LogP contribution >= 0.6 is 11.5 Å². The molecule has 0 N–H and O–H groups in total. The van der Waals surface area contributed by atoms with E-state index in [0.29, 0.717) is 0 Å². The Morgan fingerprint density at radius 3 is 2.93 bits per heavy atom. The van der Waals surface area contributed by atoms with Gasteiger partial charge in [-0.15, -0.1) is 5.10 Å². The van der Waals surface area contributed by atoms with E-state index in [4.69, 9.17) is 0 Å². The van der Waals surface area contributed by atoms with Crippen LogP contribution in [0.5, 0.6) is 0 Å². The van der Waals surface area contributed by atoms with Gasteiger partial charge >= 0.3 is 0 Å². The van der Waals surface area contributed by atoms with Gasteiger partial charge in [0.2, 0.25) is 5.78 Å². The second-order valence-corrected chi connectivity index (χ2v) is 3.71. The number of carbonyl (C=O) groups excluding carboxylic acids is 1. The fourth-order valence-corrected chi connectivity index (χ4v) is 1.65. The maximum Gasteiger partial charge on any atom is 0.217 e. The van der Waals surface area contributed by atoms with Crippen LogP contribution < -0.4 is 0 Å². The van der Waals surface area contributed by atoms with Gasteiger partial charge in [-0.25, -0.2) is 4.39 Å². The van der Waals surface area contributed by atoms with Crippen LogP contribution in [0.25, 0.3) is 0 Å². The molecule has 15 heavy (non-hydrogen) atoms. The van der Waals surface area contributed by atoms with Crippen molar-refractivity contribution in [1.29, 1.82) is 0 Å². The molecule has 0 bridgehead atoms. The van der Waals surface area contributed by atoms with Crippen LogP contribution in [0, 0.1) is 12.7 Å². The van der Waals surface area contributed by atoms with Gasteiger partial charge in [-0.3, -0.25) is 4.79 Å². The Morgan fingerprint density at radius 1 is 1.47 bits per heavy atom. The SMILES string of the molecule is Cc1ccc(F)c(C(=O)c2csnn2)c1. The van der Waals surface area contributed by atoms with Gasteiger partial charge in [0.25, 0.3) is 0 Å². The molecule has 0 aliphatic carbocycles. The average Bonchev–Trinajstić information content (AvgIpc) is 2.74. The first-order chi connectivity index (χ1) is 7.18. The third kappa shape index (κ3) is 1.92. The Kier molecular flexibility index (Phi) is 2.55. The number of hydrogen-bond donors (Lipinski definition) is 0. The Balaban J connectivity index is 2.46. The number of halogens is 1. The van der Waals surface area contributed by atoms with E-state index in [0.717, 1.165) is 17.1 Å². The Hall–Kier alpha value is -1.62. The number of benzene rings is 1. The second kappa shape index (κ2) is 3.86. The van der Waals surface area contributed by atoms with Crippen molar-refractivity contribution in [2.75, 3.05) is 0 Å². The van der Waals surface area contributed by atoms with Gasteiger partial charge < -0.3 is 0 Å². The van der Waals surface area contributed by atoms with Gasteiger partial charge in [-0.1, -0.05) is 16.1 Å². The lowest BCUT2D eigenvalue weighted by molar-refractivity contribution is 0.103. The molecule has 0 aliphatic rings. The summed E-state index contributed by atoms with van der Waals surface area (Å²) in [7, 11) is 0. The summed E-state index contributed by atoms with van der Waals surface area (Å²) in [5.41, 5.74) is 1.06. The number of rotatable bonds is 2. The summed E-state index contributed by atoms with van der Waals surface area (Å²) in [6.07, 6.45) is 0. The fraction of sp³-hybridized carbons (Fsp3) is 0.100. The molecule has 0 aliphatic heterocycles. The Morgan fingerprint density at radius 2 is 2.27 bits per heavy atom. The zero-order valence-electron chi connectivity index (χ0n) is 7.90. The van der Waals surface area contributed by atoms with Crippen LogP contribution in [-0.4, -0.2) is 15.4 Å². The summed E-state index contributed by atoms with van der Waals surface area (Å²) in [4.78, 5) is 11.7. The van der Waals surface area contributed by atoms with Gasteiger partial charge in [0.15, 0.2) is 0 Å². The maximum atomic E-state index is 13.3. The molecule has 3 nitrogen and oxygen atoms in total. The van der Waals surface area contributed by atoms with Crippen LogP contribution in [0.15, 0.2) is 23.6 Å². The molecule has 0 radical (unpaired) electrons. The Labute approximate surface area is 89.7 Å². The predicted molar refractivity (Wildman–Crippen MR) is 54.5 cm³/mol. The first-order valence-electron chi connectivity index (χ1n) is 4.26. The molecule has 1 aromatic carbocycles. The van der Waals surface area contributed by atoms with Gasteiger partial charge in [-0.2, -0.15) is 0 Å². The fourth-order valence-electron chi connectivity index (χ4n) is 1.21. The average molecular weight is 222 g/mol. The predicted octanol–water partition coefficient (Wildman–Crippen LogP) is 2.22. The molecule has 0 fully saturated rings. The minimum absolute atomic E-state index is 0.0442. The van der Waals surface area contributed by atoms with Crippen molar-refractivity contribution in [2.24, 2.45) is 0 Å². The standard InChI is InChI=1S/C10H7FN2OS/c1-6-2-3-8(11)7(4-6)10(14)9-5-15-13-12-9/h2-5H,1H3. The zero-order chi connectivity index (χ0) is 10.8. The molecule has 0 amide bonds. The van der Waals surface area contributed by atoms with Crippen molar-refractivity contribution >= 4 is 17.3 Å². The molecule has 1 heterocycles. The first kappa shape index (κ1) is 9.92. The topological polar surface area (TPSA) is 42.9 Å². The van der Waals surface area contributed by atoms with Crippen molar-refractivity contribution in [3.05, 3.63) is 46.2 Å². The van der Waals surface area contributed by atoms with Crippen molar-refractivity contribution in [3.8, 4) is 0 Å². The molecule has 2 rings (SSSR count). The van der Waals surface area contributed by atoms with E-state index in [1.165, 1.54) is 17.5 Å².